The van der Waals surface area contributed by atoms with Gasteiger partial charge in [-0.3, -0.25) is 6.08 Å². The minimum absolute atomic E-state index is 0. The molecule has 0 saturated carbocycles. The van der Waals surface area contributed by atoms with Gasteiger partial charge in [-0.05, 0) is 24.7 Å². The molecule has 0 atom stereocenters. The molecule has 0 radical (unpaired) electrons. The SMILES string of the molecule is CC1=[C-]CC=C1C.Cc1ccc(C)c2[cH-]c(-n3cccc3)cc12.[F-].[F-].[Zr+4]. The number of benzene rings is 1. The predicted molar refractivity (Wildman–Crippen MR) is 99.1 cm³/mol. The second-order valence-electron chi connectivity index (χ2n) is 6.22. The third-order valence-electron chi connectivity index (χ3n) is 4.58. The van der Waals surface area contributed by atoms with Gasteiger partial charge in [-0.1, -0.05) is 25.5 Å². The summed E-state index contributed by atoms with van der Waals surface area (Å²) in [4.78, 5) is 0. The topological polar surface area (TPSA) is 4.93 Å². The molecular weight excluding hydrogens is 407 g/mol. The van der Waals surface area contributed by atoms with E-state index < -0.39 is 0 Å². The summed E-state index contributed by atoms with van der Waals surface area (Å²) < 4.78 is 2.15. The number of hydrogen-bond donors (Lipinski definition) is 0. The molecule has 0 unspecified atom stereocenters. The first-order chi connectivity index (χ1) is 11.1. The molecule has 1 aromatic heterocycles. The van der Waals surface area contributed by atoms with E-state index in [-0.39, 0.29) is 35.6 Å². The van der Waals surface area contributed by atoms with Crippen LogP contribution in [0.3, 0.4) is 0 Å². The molecule has 0 fully saturated rings. The molecule has 26 heavy (non-hydrogen) atoms. The van der Waals surface area contributed by atoms with Gasteiger partial charge in [0.05, 0.1) is 0 Å². The molecule has 0 aliphatic heterocycles. The van der Waals surface area contributed by atoms with Gasteiger partial charge in [-0.25, -0.2) is 11.1 Å². The molecule has 3 aromatic rings. The van der Waals surface area contributed by atoms with Crippen molar-refractivity contribution in [3.05, 3.63) is 83.2 Å². The van der Waals surface area contributed by atoms with Gasteiger partial charge in [0.15, 0.2) is 0 Å². The van der Waals surface area contributed by atoms with Crippen LogP contribution < -0.4 is 9.41 Å². The normalized spacial score (nSPS) is 12.0. The minimum Gasteiger partial charge on any atom is -1.00 e. The smallest absolute Gasteiger partial charge is 1.00 e. The van der Waals surface area contributed by atoms with Crippen LogP contribution in [0.4, 0.5) is 0 Å². The first-order valence-corrected chi connectivity index (χ1v) is 8.11. The Morgan fingerprint density at radius 2 is 1.58 bits per heavy atom. The fraction of sp³-hybridized carbons (Fsp3) is 0.227. The van der Waals surface area contributed by atoms with E-state index >= 15 is 0 Å². The summed E-state index contributed by atoms with van der Waals surface area (Å²) in [6, 6.07) is 13.0. The molecule has 134 valence electrons. The number of hydrogen-bond acceptors (Lipinski definition) is 0. The van der Waals surface area contributed by atoms with Crippen molar-refractivity contribution in [2.45, 2.75) is 34.1 Å². The predicted octanol–water partition coefficient (Wildman–Crippen LogP) is 0.0576. The number of rotatable bonds is 1. The van der Waals surface area contributed by atoms with Crippen molar-refractivity contribution in [3.63, 3.8) is 0 Å². The molecule has 1 aliphatic carbocycles. The largest absolute Gasteiger partial charge is 4.00 e. The van der Waals surface area contributed by atoms with Gasteiger partial charge in [0.25, 0.3) is 0 Å². The number of allylic oxidation sites excluding steroid dienone is 4. The van der Waals surface area contributed by atoms with Crippen molar-refractivity contribution in [3.8, 4) is 5.69 Å². The quantitative estimate of drug-likeness (QED) is 0.481. The summed E-state index contributed by atoms with van der Waals surface area (Å²) in [5, 5.41) is 2.73. The maximum absolute atomic E-state index is 3.19. The van der Waals surface area contributed by atoms with E-state index in [4.69, 9.17) is 0 Å². The Balaban J connectivity index is 0.000000542. The van der Waals surface area contributed by atoms with E-state index in [9.17, 15) is 0 Å². The van der Waals surface area contributed by atoms with Crippen molar-refractivity contribution in [2.24, 2.45) is 0 Å². The summed E-state index contributed by atoms with van der Waals surface area (Å²) in [7, 11) is 0. The summed E-state index contributed by atoms with van der Waals surface area (Å²) >= 11 is 0. The molecule has 4 heteroatoms. The molecule has 1 nitrogen and oxygen atoms in total. The zero-order valence-corrected chi connectivity index (χ0v) is 18.1. The fourth-order valence-electron chi connectivity index (χ4n) is 2.88. The van der Waals surface area contributed by atoms with Crippen molar-refractivity contribution in [1.82, 2.24) is 4.57 Å². The zero-order valence-electron chi connectivity index (χ0n) is 15.6. The van der Waals surface area contributed by atoms with E-state index in [2.05, 4.69) is 93.2 Å². The van der Waals surface area contributed by atoms with E-state index in [0.717, 1.165) is 6.42 Å². The molecular formula is C22H23F2NZr. The Bertz CT molecular complexity index is 831. The van der Waals surface area contributed by atoms with Crippen LogP contribution in [-0.4, -0.2) is 4.57 Å². The summed E-state index contributed by atoms with van der Waals surface area (Å²) in [5.41, 5.74) is 6.65. The number of fused-ring (bicyclic) bond motifs is 1. The van der Waals surface area contributed by atoms with Gasteiger partial charge in [-0.2, -0.15) is 6.08 Å². The summed E-state index contributed by atoms with van der Waals surface area (Å²) in [5.74, 6) is 0. The van der Waals surface area contributed by atoms with Gasteiger partial charge in [0, 0.05) is 12.4 Å². The second-order valence-corrected chi connectivity index (χ2v) is 6.22. The standard InChI is InChI=1S/C15H14N.C7H9.2FH.Zr/c1-11-5-6-12(2)15-10-13(9-14(11)15)16-7-3-4-8-16;1-6-4-3-5-7(6)2;;;/h3-10H,1-2H3;4H,3H2,1-2H3;2*1H;/q2*-1;;;+4/p-2. The van der Waals surface area contributed by atoms with E-state index in [1.165, 1.54) is 38.7 Å². The third kappa shape index (κ3) is 5.17. The first-order valence-electron chi connectivity index (χ1n) is 8.11. The maximum Gasteiger partial charge on any atom is 4.00 e. The van der Waals surface area contributed by atoms with Gasteiger partial charge in [0.1, 0.15) is 0 Å². The molecule has 0 bridgehead atoms. The summed E-state index contributed by atoms with van der Waals surface area (Å²) in [6.45, 7) is 8.55. The van der Waals surface area contributed by atoms with Crippen LogP contribution in [0.1, 0.15) is 31.4 Å². The Morgan fingerprint density at radius 1 is 0.962 bits per heavy atom. The molecule has 4 rings (SSSR count). The van der Waals surface area contributed by atoms with E-state index in [1.807, 2.05) is 0 Å². The molecule has 0 amide bonds. The Labute approximate surface area is 173 Å². The van der Waals surface area contributed by atoms with Crippen LogP contribution >= 0.6 is 0 Å². The van der Waals surface area contributed by atoms with Gasteiger partial charge in [-0.15, -0.1) is 47.9 Å². The maximum atomic E-state index is 3.19. The average molecular weight is 431 g/mol. The van der Waals surface area contributed by atoms with Crippen LogP contribution in [0.15, 0.2) is 66.0 Å². The fourth-order valence-corrected chi connectivity index (χ4v) is 2.88. The minimum atomic E-state index is 0. The van der Waals surface area contributed by atoms with Crippen LogP contribution in [0.25, 0.3) is 16.5 Å². The van der Waals surface area contributed by atoms with Crippen LogP contribution in [0, 0.1) is 19.9 Å². The molecule has 1 aliphatic rings. The number of nitrogens with zero attached hydrogens (tertiary/aromatic N) is 1. The van der Waals surface area contributed by atoms with E-state index in [1.54, 1.807) is 0 Å². The van der Waals surface area contributed by atoms with Crippen molar-refractivity contribution in [2.75, 3.05) is 0 Å². The monoisotopic (exact) mass is 429 g/mol. The second kappa shape index (κ2) is 10.5. The number of aromatic nitrogens is 1. The molecule has 0 N–H and O–H groups in total. The molecule has 2 aromatic carbocycles. The van der Waals surface area contributed by atoms with Crippen molar-refractivity contribution in [1.29, 1.82) is 0 Å². The number of aryl methyl sites for hydroxylation is 2. The van der Waals surface area contributed by atoms with E-state index in [0.29, 0.717) is 0 Å². The first kappa shape index (κ1) is 24.3. The molecule has 0 saturated heterocycles. The molecule has 1 heterocycles. The van der Waals surface area contributed by atoms with Crippen LogP contribution in [0.2, 0.25) is 0 Å². The zero-order chi connectivity index (χ0) is 16.4. The van der Waals surface area contributed by atoms with Crippen molar-refractivity contribution >= 4 is 10.8 Å². The Morgan fingerprint density at radius 3 is 2.04 bits per heavy atom. The van der Waals surface area contributed by atoms with Crippen LogP contribution in [0.5, 0.6) is 0 Å². The molecule has 0 spiro atoms. The van der Waals surface area contributed by atoms with Crippen LogP contribution in [-0.2, 0) is 26.2 Å². The van der Waals surface area contributed by atoms with Gasteiger partial charge in [0.2, 0.25) is 0 Å². The van der Waals surface area contributed by atoms with Crippen molar-refractivity contribution < 1.29 is 35.6 Å². The summed E-state index contributed by atoms with van der Waals surface area (Å²) in [6.07, 6.45) is 10.6. The van der Waals surface area contributed by atoms with Gasteiger partial charge < -0.3 is 14.0 Å². The van der Waals surface area contributed by atoms with Gasteiger partial charge >= 0.3 is 26.2 Å². The number of halogens is 2. The average Bonchev–Trinajstić information content (AvgIpc) is 3.25. The third-order valence-corrected chi connectivity index (χ3v) is 4.58. The Kier molecular flexibility index (Phi) is 9.80. The Hall–Kier alpha value is -1.67.